The van der Waals surface area contributed by atoms with Crippen molar-refractivity contribution >= 4 is 59.2 Å². The van der Waals surface area contributed by atoms with Gasteiger partial charge in [-0.15, -0.1) is 0 Å². The Morgan fingerprint density at radius 1 is 1.03 bits per heavy atom. The molecule has 1 N–H and O–H groups in total. The van der Waals surface area contributed by atoms with Crippen molar-refractivity contribution in [1.29, 1.82) is 0 Å². The molecule has 3 aromatic carbocycles. The van der Waals surface area contributed by atoms with Crippen LogP contribution in [0.4, 0.5) is 5.69 Å². The topological polar surface area (TPSA) is 79.4 Å². The van der Waals surface area contributed by atoms with Crippen molar-refractivity contribution in [3.8, 4) is 0 Å². The van der Waals surface area contributed by atoms with Gasteiger partial charge in [-0.2, -0.15) is 8.68 Å². The molecule has 0 aliphatic carbocycles. The Morgan fingerprint density at radius 3 is 2.53 bits per heavy atom. The van der Waals surface area contributed by atoms with Crippen LogP contribution in [0.25, 0.3) is 10.1 Å². The number of sulfonamides is 1. The molecule has 0 aliphatic rings. The summed E-state index contributed by atoms with van der Waals surface area (Å²) in [7, 11) is -3.86. The van der Waals surface area contributed by atoms with Crippen molar-refractivity contribution < 1.29 is 13.2 Å². The number of nitrogens with one attached hydrogen (secondary N) is 1. The van der Waals surface area contributed by atoms with E-state index in [0.29, 0.717) is 12.1 Å². The number of hydrogen-bond donors (Lipinski definition) is 1. The Hall–Kier alpha value is -2.59. The maximum Gasteiger partial charge on any atom is 0.243 e. The summed E-state index contributed by atoms with van der Waals surface area (Å²) in [5.41, 5.74) is 1.60. The van der Waals surface area contributed by atoms with Crippen LogP contribution in [0.3, 0.4) is 0 Å². The van der Waals surface area contributed by atoms with E-state index in [0.717, 1.165) is 20.1 Å². The molecule has 164 valence electrons. The highest BCUT2D eigenvalue weighted by atomic mass is 79.9. The average Bonchev–Trinajstić information content (AvgIpc) is 3.25. The molecule has 0 bridgehead atoms. The number of halogens is 1. The number of nitrogens with zero attached hydrogens (tertiary/aromatic N) is 2. The van der Waals surface area contributed by atoms with E-state index in [1.54, 1.807) is 24.4 Å². The predicted molar refractivity (Wildman–Crippen MR) is 131 cm³/mol. The second-order valence-electron chi connectivity index (χ2n) is 7.15. The minimum atomic E-state index is -3.86. The summed E-state index contributed by atoms with van der Waals surface area (Å²) in [4.78, 5) is 12.9. The summed E-state index contributed by atoms with van der Waals surface area (Å²) < 4.78 is 33.8. The third-order valence-electron chi connectivity index (χ3n) is 4.90. The predicted octanol–water partition coefficient (Wildman–Crippen LogP) is 4.93. The molecule has 4 rings (SSSR count). The zero-order valence-electron chi connectivity index (χ0n) is 16.9. The fourth-order valence-electron chi connectivity index (χ4n) is 3.25. The van der Waals surface area contributed by atoms with E-state index in [-0.39, 0.29) is 18.0 Å². The molecule has 6 nitrogen and oxygen atoms in total. The first-order valence-electron chi connectivity index (χ1n) is 9.86. The van der Waals surface area contributed by atoms with Gasteiger partial charge in [0.25, 0.3) is 0 Å². The molecule has 0 spiro atoms. The van der Waals surface area contributed by atoms with Gasteiger partial charge in [0.1, 0.15) is 0 Å². The van der Waals surface area contributed by atoms with Gasteiger partial charge in [0.15, 0.2) is 0 Å². The SMILES string of the molecule is O=C(CN(CCc1ccccc1)S(=O)(=O)c1ccc(Br)cc1)Nc1ccc2sncc2c1. The molecule has 1 amide bonds. The lowest BCUT2D eigenvalue weighted by Crippen LogP contribution is -2.39. The van der Waals surface area contributed by atoms with Crippen LogP contribution in [0.15, 0.2) is 88.4 Å². The first-order chi connectivity index (χ1) is 15.4. The number of carbonyl (C=O) groups is 1. The molecule has 1 heterocycles. The number of aromatic nitrogens is 1. The van der Waals surface area contributed by atoms with Gasteiger partial charge in [-0.3, -0.25) is 4.79 Å². The van der Waals surface area contributed by atoms with Gasteiger partial charge in [0.2, 0.25) is 15.9 Å². The van der Waals surface area contributed by atoms with Crippen molar-refractivity contribution in [1.82, 2.24) is 8.68 Å². The fourth-order valence-corrected chi connectivity index (χ4v) is 5.54. The summed E-state index contributed by atoms with van der Waals surface area (Å²) in [5, 5.41) is 3.74. The molecule has 0 saturated carbocycles. The monoisotopic (exact) mass is 529 g/mol. The van der Waals surface area contributed by atoms with Gasteiger partial charge >= 0.3 is 0 Å². The highest BCUT2D eigenvalue weighted by Gasteiger charge is 2.26. The maximum absolute atomic E-state index is 13.3. The minimum absolute atomic E-state index is 0.146. The van der Waals surface area contributed by atoms with Crippen molar-refractivity contribution in [2.24, 2.45) is 0 Å². The van der Waals surface area contributed by atoms with Crippen LogP contribution in [0.5, 0.6) is 0 Å². The number of carbonyl (C=O) groups excluding carboxylic acids is 1. The third kappa shape index (κ3) is 5.42. The highest BCUT2D eigenvalue weighted by Crippen LogP contribution is 2.23. The van der Waals surface area contributed by atoms with E-state index in [2.05, 4.69) is 25.6 Å². The van der Waals surface area contributed by atoms with E-state index < -0.39 is 15.9 Å². The fraction of sp³-hybridized carbons (Fsp3) is 0.130. The van der Waals surface area contributed by atoms with Gasteiger partial charge in [0.05, 0.1) is 16.1 Å². The van der Waals surface area contributed by atoms with E-state index in [1.807, 2.05) is 42.5 Å². The molecule has 0 saturated heterocycles. The molecular formula is C23H20BrN3O3S2. The minimum Gasteiger partial charge on any atom is -0.325 e. The molecule has 0 unspecified atom stereocenters. The van der Waals surface area contributed by atoms with Gasteiger partial charge in [-0.05, 0) is 66.0 Å². The van der Waals surface area contributed by atoms with E-state index in [4.69, 9.17) is 0 Å². The molecule has 0 radical (unpaired) electrons. The molecular weight excluding hydrogens is 510 g/mol. The van der Waals surface area contributed by atoms with Crippen LogP contribution in [0.2, 0.25) is 0 Å². The zero-order valence-corrected chi connectivity index (χ0v) is 20.2. The Morgan fingerprint density at radius 2 is 1.78 bits per heavy atom. The molecule has 9 heteroatoms. The van der Waals surface area contributed by atoms with Crippen LogP contribution in [-0.4, -0.2) is 36.1 Å². The van der Waals surface area contributed by atoms with Gasteiger partial charge in [-0.25, -0.2) is 8.42 Å². The molecule has 0 atom stereocenters. The van der Waals surface area contributed by atoms with Crippen molar-refractivity contribution in [3.63, 3.8) is 0 Å². The Labute approximate surface area is 199 Å². The second kappa shape index (κ2) is 9.91. The lowest BCUT2D eigenvalue weighted by molar-refractivity contribution is -0.116. The largest absolute Gasteiger partial charge is 0.325 e. The number of fused-ring (bicyclic) bond motifs is 1. The maximum atomic E-state index is 13.3. The standard InChI is InChI=1S/C23H20BrN3O3S2/c24-19-6-9-21(10-7-19)32(29,30)27(13-12-17-4-2-1-3-5-17)16-23(28)26-20-8-11-22-18(14-20)15-25-31-22/h1-11,14-15H,12-13,16H2,(H,26,28). The van der Waals surface area contributed by atoms with Crippen LogP contribution < -0.4 is 5.32 Å². The average molecular weight is 530 g/mol. The van der Waals surface area contributed by atoms with Crippen molar-refractivity contribution in [2.75, 3.05) is 18.4 Å². The second-order valence-corrected chi connectivity index (χ2v) is 10.8. The first kappa shape index (κ1) is 22.6. The Kier molecular flexibility index (Phi) is 7.00. The van der Waals surface area contributed by atoms with Crippen LogP contribution in [0, 0.1) is 0 Å². The van der Waals surface area contributed by atoms with Crippen molar-refractivity contribution in [3.05, 3.63) is 89.0 Å². The van der Waals surface area contributed by atoms with Crippen molar-refractivity contribution in [2.45, 2.75) is 11.3 Å². The van der Waals surface area contributed by atoms with Gasteiger partial charge < -0.3 is 5.32 Å². The van der Waals surface area contributed by atoms with Crippen LogP contribution in [0.1, 0.15) is 5.56 Å². The number of rotatable bonds is 8. The number of benzene rings is 3. The molecule has 0 aliphatic heterocycles. The number of anilines is 1. The summed E-state index contributed by atoms with van der Waals surface area (Å²) in [5.74, 6) is -0.402. The van der Waals surface area contributed by atoms with E-state index >= 15 is 0 Å². The lowest BCUT2D eigenvalue weighted by atomic mass is 10.1. The van der Waals surface area contributed by atoms with Gasteiger partial charge in [0, 0.05) is 28.3 Å². The van der Waals surface area contributed by atoms with E-state index in [1.165, 1.54) is 28.0 Å². The third-order valence-corrected chi connectivity index (χ3v) is 8.07. The Bertz CT molecular complexity index is 1320. The Balaban J connectivity index is 1.54. The normalized spacial score (nSPS) is 11.7. The molecule has 1 aromatic heterocycles. The smallest absolute Gasteiger partial charge is 0.243 e. The molecule has 4 aromatic rings. The highest BCUT2D eigenvalue weighted by molar-refractivity contribution is 9.10. The molecule has 0 fully saturated rings. The van der Waals surface area contributed by atoms with Gasteiger partial charge in [-0.1, -0.05) is 46.3 Å². The van der Waals surface area contributed by atoms with Crippen LogP contribution in [-0.2, 0) is 21.2 Å². The summed E-state index contributed by atoms with van der Waals surface area (Å²) in [6.45, 7) is -0.103. The van der Waals surface area contributed by atoms with Crippen LogP contribution >= 0.6 is 27.5 Å². The summed E-state index contributed by atoms with van der Waals surface area (Å²) >= 11 is 4.70. The van der Waals surface area contributed by atoms with E-state index in [9.17, 15) is 13.2 Å². The number of amides is 1. The molecule has 32 heavy (non-hydrogen) atoms. The number of hydrogen-bond acceptors (Lipinski definition) is 5. The lowest BCUT2D eigenvalue weighted by Gasteiger charge is -2.22. The zero-order chi connectivity index (χ0) is 22.6. The summed E-state index contributed by atoms with van der Waals surface area (Å²) in [6, 6.07) is 21.5. The summed E-state index contributed by atoms with van der Waals surface area (Å²) in [6.07, 6.45) is 2.23. The quantitative estimate of drug-likeness (QED) is 0.351. The first-order valence-corrected chi connectivity index (χ1v) is 12.9.